The molecule has 0 aliphatic carbocycles. The normalized spacial score (nSPS) is 14.4. The standard InChI is InChI=1S/F5P.FH.K/c1-6(2,3,4)5;;/h;1H;/q;;+1/p-1. The maximum Gasteiger partial charge on any atom is 1.00 e. The summed E-state index contributed by atoms with van der Waals surface area (Å²) in [6, 6.07) is 0. The smallest absolute Gasteiger partial charge is 1.00 e. The van der Waals surface area contributed by atoms with Crippen molar-refractivity contribution in [3.05, 3.63) is 0 Å². The molecule has 48 valence electrons. The van der Waals surface area contributed by atoms with Gasteiger partial charge in [-0.25, -0.2) is 0 Å². The Balaban J connectivity index is -0.000000125. The molecule has 0 aromatic carbocycles. The van der Waals surface area contributed by atoms with Crippen LogP contribution >= 0.6 is 8.16 Å². The van der Waals surface area contributed by atoms with Crippen LogP contribution < -0.4 is 56.1 Å². The summed E-state index contributed by atoms with van der Waals surface area (Å²) in [6.07, 6.45) is 0. The Morgan fingerprint density at radius 1 is 0.750 bits per heavy atom. The minimum Gasteiger partial charge on any atom is -1.00 e. The van der Waals surface area contributed by atoms with Crippen LogP contribution in [-0.2, 0) is 0 Å². The van der Waals surface area contributed by atoms with Gasteiger partial charge in [-0.15, -0.1) is 0 Å². The van der Waals surface area contributed by atoms with Crippen LogP contribution in [0.3, 0.4) is 0 Å². The van der Waals surface area contributed by atoms with Crippen LogP contribution in [0.15, 0.2) is 0 Å². The van der Waals surface area contributed by atoms with Crippen LogP contribution in [-0.4, -0.2) is 0 Å². The number of hydrogen-bond acceptors (Lipinski definition) is 0. The average molecular weight is 184 g/mol. The summed E-state index contributed by atoms with van der Waals surface area (Å²) >= 11 is 0. The third-order valence-electron chi connectivity index (χ3n) is 0. The van der Waals surface area contributed by atoms with Crippen LogP contribution in [0.5, 0.6) is 0 Å². The van der Waals surface area contributed by atoms with Gasteiger partial charge in [0, 0.05) is 0 Å². The second kappa shape index (κ2) is 3.73. The van der Waals surface area contributed by atoms with Gasteiger partial charge in [0.25, 0.3) is 0 Å². The van der Waals surface area contributed by atoms with Crippen LogP contribution in [0, 0.1) is 0 Å². The van der Waals surface area contributed by atoms with Crippen LogP contribution in [0.25, 0.3) is 0 Å². The quantitative estimate of drug-likeness (QED) is 0.213. The molecule has 0 rings (SSSR count). The van der Waals surface area contributed by atoms with Crippen LogP contribution in [0.1, 0.15) is 0 Å². The molecule has 0 saturated carbocycles. The molecule has 0 aromatic rings. The first-order chi connectivity index (χ1) is 2.24. The van der Waals surface area contributed by atoms with E-state index in [4.69, 9.17) is 0 Å². The van der Waals surface area contributed by atoms with Gasteiger partial charge in [0.05, 0.1) is 0 Å². The zero-order valence-corrected chi connectivity index (χ0v) is 7.73. The summed E-state index contributed by atoms with van der Waals surface area (Å²) in [7, 11) is -8.55. The van der Waals surface area contributed by atoms with E-state index < -0.39 is 8.16 Å². The zero-order valence-electron chi connectivity index (χ0n) is 3.72. The van der Waals surface area contributed by atoms with Crippen molar-refractivity contribution in [2.75, 3.05) is 0 Å². The molecule has 0 bridgehead atoms. The molecule has 0 spiro atoms. The van der Waals surface area contributed by atoms with E-state index in [1.807, 2.05) is 0 Å². The molecule has 0 aliphatic rings. The van der Waals surface area contributed by atoms with Crippen molar-refractivity contribution in [2.45, 2.75) is 0 Å². The first-order valence-electron chi connectivity index (χ1n) is 0.845. The van der Waals surface area contributed by atoms with Gasteiger partial charge in [-0.3, -0.25) is 0 Å². The third kappa shape index (κ3) is 125. The maximum atomic E-state index is 9.84. The van der Waals surface area contributed by atoms with Gasteiger partial charge in [-0.05, 0) is 0 Å². The van der Waals surface area contributed by atoms with Crippen molar-refractivity contribution in [1.29, 1.82) is 0 Å². The number of halogens is 6. The van der Waals surface area contributed by atoms with E-state index in [0.717, 1.165) is 0 Å². The van der Waals surface area contributed by atoms with Gasteiger partial charge in [0.1, 0.15) is 0 Å². The summed E-state index contributed by atoms with van der Waals surface area (Å²) in [6.45, 7) is 0. The van der Waals surface area contributed by atoms with Crippen molar-refractivity contribution in [2.24, 2.45) is 0 Å². The van der Waals surface area contributed by atoms with Crippen molar-refractivity contribution < 1.29 is 77.1 Å². The summed E-state index contributed by atoms with van der Waals surface area (Å²) in [5, 5.41) is 0. The number of hydrogen-bond donors (Lipinski definition) is 0. The second-order valence-electron chi connectivity index (χ2n) is 0.639. The molecule has 0 unspecified atom stereocenters. The van der Waals surface area contributed by atoms with E-state index in [1.54, 1.807) is 0 Å². The predicted octanol–water partition coefficient (Wildman–Crippen LogP) is -3.03. The molecule has 0 radical (unpaired) electrons. The van der Waals surface area contributed by atoms with Crippen molar-refractivity contribution in [3.8, 4) is 0 Å². The molecule has 0 atom stereocenters. The molecule has 0 fully saturated rings. The molecule has 8 heavy (non-hydrogen) atoms. The minimum atomic E-state index is -8.55. The van der Waals surface area contributed by atoms with Crippen LogP contribution in [0.2, 0.25) is 0 Å². The van der Waals surface area contributed by atoms with E-state index in [9.17, 15) is 21.0 Å². The average Bonchev–Trinajstić information content (AvgIpc) is 0.650. The molecule has 0 aliphatic heterocycles. The predicted molar refractivity (Wildman–Crippen MR) is 12.5 cm³/mol. The largest absolute Gasteiger partial charge is 1.00 e. The van der Waals surface area contributed by atoms with Gasteiger partial charge in [0.2, 0.25) is 0 Å². The first kappa shape index (κ1) is 16.3. The number of rotatable bonds is 0. The topological polar surface area (TPSA) is 0 Å². The summed E-state index contributed by atoms with van der Waals surface area (Å²) in [5.74, 6) is 0. The molecule has 0 amide bonds. The molecule has 0 nitrogen and oxygen atoms in total. The van der Waals surface area contributed by atoms with Crippen LogP contribution in [0.4, 0.5) is 21.0 Å². The monoisotopic (exact) mass is 184 g/mol. The summed E-state index contributed by atoms with van der Waals surface area (Å²) < 4.78 is 49.2. The Kier molecular flexibility index (Phi) is 7.61. The van der Waals surface area contributed by atoms with E-state index in [0.29, 0.717) is 0 Å². The van der Waals surface area contributed by atoms with Gasteiger partial charge >= 0.3 is 80.5 Å². The van der Waals surface area contributed by atoms with Gasteiger partial charge in [0.15, 0.2) is 0 Å². The fourth-order valence-corrected chi connectivity index (χ4v) is 0. The first-order valence-corrected chi connectivity index (χ1v) is 2.54. The Hall–Kier alpha value is 1.65. The van der Waals surface area contributed by atoms with Crippen molar-refractivity contribution in [1.82, 2.24) is 0 Å². The zero-order chi connectivity index (χ0) is 5.45. The van der Waals surface area contributed by atoms with E-state index >= 15 is 0 Å². The Morgan fingerprint density at radius 2 is 0.750 bits per heavy atom. The SMILES string of the molecule is FP(F)(F)(F)F.[F-].[K+]. The van der Waals surface area contributed by atoms with E-state index in [1.165, 1.54) is 0 Å². The molecule has 0 N–H and O–H groups in total. The molecule has 0 saturated heterocycles. The fourth-order valence-electron chi connectivity index (χ4n) is 0. The van der Waals surface area contributed by atoms with Gasteiger partial charge in [-0.1, -0.05) is 0 Å². The Morgan fingerprint density at radius 3 is 0.750 bits per heavy atom. The fraction of sp³-hybridized carbons (Fsp3) is 0. The molecule has 0 heterocycles. The van der Waals surface area contributed by atoms with Gasteiger partial charge in [-0.2, -0.15) is 0 Å². The summed E-state index contributed by atoms with van der Waals surface area (Å²) in [4.78, 5) is 0. The molecular formula is F6KP. The third-order valence-corrected chi connectivity index (χ3v) is 0. The second-order valence-corrected chi connectivity index (χ2v) is 1.92. The Bertz CT molecular complexity index is 41.7. The van der Waals surface area contributed by atoms with E-state index in [2.05, 4.69) is 0 Å². The van der Waals surface area contributed by atoms with Crippen molar-refractivity contribution >= 4 is 8.16 Å². The molecule has 8 heteroatoms. The maximum absolute atomic E-state index is 9.84. The molecule has 0 aromatic heterocycles. The van der Waals surface area contributed by atoms with Gasteiger partial charge < -0.3 is 4.70 Å². The van der Waals surface area contributed by atoms with Crippen molar-refractivity contribution in [3.63, 3.8) is 0 Å². The van der Waals surface area contributed by atoms with E-state index in [-0.39, 0.29) is 56.1 Å². The Labute approximate surface area is 84.1 Å². The minimum absolute atomic E-state index is 0. The molecular weight excluding hydrogens is 184 g/mol. The summed E-state index contributed by atoms with van der Waals surface area (Å²) in [5.41, 5.74) is 0.